The average Bonchev–Trinajstić information content (AvgIpc) is 3.27. The molecule has 2 aliphatic rings. The van der Waals surface area contributed by atoms with Crippen molar-refractivity contribution in [3.8, 4) is 11.4 Å². The summed E-state index contributed by atoms with van der Waals surface area (Å²) in [5, 5.41) is 5.99. The molecule has 1 aliphatic heterocycles. The topological polar surface area (TPSA) is 88.3 Å². The van der Waals surface area contributed by atoms with E-state index in [-0.39, 0.29) is 22.9 Å². The van der Waals surface area contributed by atoms with Gasteiger partial charge in [0.15, 0.2) is 0 Å². The molecule has 1 N–H and O–H groups in total. The van der Waals surface area contributed by atoms with Gasteiger partial charge in [0.25, 0.3) is 5.91 Å². The van der Waals surface area contributed by atoms with Crippen molar-refractivity contribution in [2.45, 2.75) is 44.8 Å². The van der Waals surface area contributed by atoms with Crippen LogP contribution < -0.4 is 5.32 Å². The maximum absolute atomic E-state index is 12.6. The Morgan fingerprint density at radius 2 is 1.77 bits per heavy atom. The minimum Gasteiger partial charge on any atom is -0.341 e. The number of carbonyl (C=O) groups excluding carboxylic acids is 2. The number of alkyl halides is 3. The molecule has 1 aromatic heterocycles. The molecule has 160 valence electrons. The summed E-state index contributed by atoms with van der Waals surface area (Å²) in [7, 11) is 0. The molecule has 7 nitrogen and oxygen atoms in total. The first-order valence-corrected chi connectivity index (χ1v) is 9.78. The maximum Gasteiger partial charge on any atom is 0.471 e. The number of amides is 2. The highest BCUT2D eigenvalue weighted by molar-refractivity contribution is 5.97. The highest BCUT2D eigenvalue weighted by Crippen LogP contribution is 2.53. The second-order valence-electron chi connectivity index (χ2n) is 8.02. The Bertz CT molecular complexity index is 941. The van der Waals surface area contributed by atoms with Crippen LogP contribution in [0.2, 0.25) is 0 Å². The van der Waals surface area contributed by atoms with E-state index in [0.717, 1.165) is 25.9 Å². The van der Waals surface area contributed by atoms with Gasteiger partial charge in [0.2, 0.25) is 11.7 Å². The van der Waals surface area contributed by atoms with Gasteiger partial charge in [0.05, 0.1) is 0 Å². The third-order valence-electron chi connectivity index (χ3n) is 5.88. The summed E-state index contributed by atoms with van der Waals surface area (Å²) in [4.78, 5) is 30.2. The van der Waals surface area contributed by atoms with Gasteiger partial charge in [-0.3, -0.25) is 9.59 Å². The second kappa shape index (κ2) is 7.41. The Labute approximate surface area is 170 Å². The summed E-state index contributed by atoms with van der Waals surface area (Å²) in [6, 6.07) is 5.04. The fourth-order valence-corrected chi connectivity index (χ4v) is 3.72. The van der Waals surface area contributed by atoms with E-state index in [1.807, 2.05) is 0 Å². The van der Waals surface area contributed by atoms with Crippen LogP contribution in [0.4, 0.5) is 13.2 Å². The zero-order valence-electron chi connectivity index (χ0n) is 16.3. The van der Waals surface area contributed by atoms with Gasteiger partial charge in [-0.15, -0.1) is 0 Å². The first kappa shape index (κ1) is 20.4. The molecule has 1 saturated heterocycles. The highest BCUT2D eigenvalue weighted by atomic mass is 19.4. The molecule has 1 atom stereocenters. The first-order chi connectivity index (χ1) is 14.2. The molecule has 1 spiro atoms. The summed E-state index contributed by atoms with van der Waals surface area (Å²) in [6.07, 6.45) is -0.182. The van der Waals surface area contributed by atoms with Crippen LogP contribution in [0.1, 0.15) is 48.9 Å². The number of carbonyl (C=O) groups is 2. The van der Waals surface area contributed by atoms with E-state index >= 15 is 0 Å². The normalized spacial score (nSPS) is 18.9. The number of halogens is 3. The fourth-order valence-electron chi connectivity index (χ4n) is 3.72. The number of aromatic nitrogens is 2. The lowest BCUT2D eigenvalue weighted by atomic mass is 9.93. The standard InChI is InChI=1S/C20H21F3N4O3/c1-12(17(29)27-10-8-19(6-7-19)9-11-27)24-16(28)14-4-2-13(3-5-14)15-25-18(30-26-15)20(21,22)23/h2-5,12H,6-11H2,1H3,(H,24,28)/t12-/m0/s1. The van der Waals surface area contributed by atoms with Crippen molar-refractivity contribution < 1.29 is 27.3 Å². The van der Waals surface area contributed by atoms with Gasteiger partial charge < -0.3 is 14.7 Å². The molecule has 2 fully saturated rings. The van der Waals surface area contributed by atoms with Gasteiger partial charge in [-0.25, -0.2) is 0 Å². The van der Waals surface area contributed by atoms with E-state index in [9.17, 15) is 22.8 Å². The summed E-state index contributed by atoms with van der Waals surface area (Å²) >= 11 is 0. The van der Waals surface area contributed by atoms with Gasteiger partial charge in [-0.05, 0) is 50.2 Å². The van der Waals surface area contributed by atoms with E-state index in [2.05, 4.69) is 20.0 Å². The largest absolute Gasteiger partial charge is 0.471 e. The van der Waals surface area contributed by atoms with Crippen LogP contribution in [-0.4, -0.2) is 46.0 Å². The van der Waals surface area contributed by atoms with Gasteiger partial charge in [-0.2, -0.15) is 18.2 Å². The predicted octanol–water partition coefficient (Wildman–Crippen LogP) is 3.28. The number of hydrogen-bond donors (Lipinski definition) is 1. The molecule has 2 amide bonds. The SMILES string of the molecule is C[C@H](NC(=O)c1ccc(-c2noc(C(F)(F)F)n2)cc1)C(=O)N1CCC2(CC1)CC2. The van der Waals surface area contributed by atoms with Crippen LogP contribution in [0.5, 0.6) is 0 Å². The monoisotopic (exact) mass is 422 g/mol. The Morgan fingerprint density at radius 1 is 1.13 bits per heavy atom. The van der Waals surface area contributed by atoms with Crippen molar-refractivity contribution in [1.82, 2.24) is 20.4 Å². The van der Waals surface area contributed by atoms with Gasteiger partial charge in [0, 0.05) is 24.2 Å². The van der Waals surface area contributed by atoms with Gasteiger partial charge in [0.1, 0.15) is 6.04 Å². The van der Waals surface area contributed by atoms with Crippen LogP contribution in [-0.2, 0) is 11.0 Å². The number of nitrogens with one attached hydrogen (secondary N) is 1. The minimum atomic E-state index is -4.72. The maximum atomic E-state index is 12.6. The van der Waals surface area contributed by atoms with Crippen molar-refractivity contribution in [3.05, 3.63) is 35.7 Å². The number of piperidine rings is 1. The van der Waals surface area contributed by atoms with Crippen molar-refractivity contribution in [2.24, 2.45) is 5.41 Å². The highest BCUT2D eigenvalue weighted by Gasteiger charge is 2.45. The van der Waals surface area contributed by atoms with Crippen LogP contribution in [0.15, 0.2) is 28.8 Å². The summed E-state index contributed by atoms with van der Waals surface area (Å²) in [5.41, 5.74) is 1.01. The molecular formula is C20H21F3N4O3. The van der Waals surface area contributed by atoms with E-state index < -0.39 is 24.0 Å². The van der Waals surface area contributed by atoms with E-state index in [0.29, 0.717) is 5.41 Å². The molecule has 2 aromatic rings. The fraction of sp³-hybridized carbons (Fsp3) is 0.500. The van der Waals surface area contributed by atoms with Gasteiger partial charge in [-0.1, -0.05) is 17.3 Å². The quantitative estimate of drug-likeness (QED) is 0.817. The van der Waals surface area contributed by atoms with Crippen LogP contribution in [0.3, 0.4) is 0 Å². The average molecular weight is 422 g/mol. The number of likely N-dealkylation sites (tertiary alicyclic amines) is 1. The van der Waals surface area contributed by atoms with E-state index in [4.69, 9.17) is 0 Å². The molecule has 0 bridgehead atoms. The lowest BCUT2D eigenvalue weighted by Crippen LogP contribution is -2.49. The van der Waals surface area contributed by atoms with Crippen LogP contribution >= 0.6 is 0 Å². The molecule has 1 saturated carbocycles. The molecule has 0 unspecified atom stereocenters. The molecule has 1 aliphatic carbocycles. The molecule has 30 heavy (non-hydrogen) atoms. The number of nitrogens with zero attached hydrogens (tertiary/aromatic N) is 3. The summed E-state index contributed by atoms with van der Waals surface area (Å²) in [6.45, 7) is 3.09. The van der Waals surface area contributed by atoms with Crippen LogP contribution in [0.25, 0.3) is 11.4 Å². The molecule has 1 aromatic carbocycles. The number of hydrogen-bond acceptors (Lipinski definition) is 5. The first-order valence-electron chi connectivity index (χ1n) is 9.78. The Hall–Kier alpha value is -2.91. The molecule has 4 rings (SSSR count). The second-order valence-corrected chi connectivity index (χ2v) is 8.02. The summed E-state index contributed by atoms with van der Waals surface area (Å²) in [5.74, 6) is -2.21. The van der Waals surface area contributed by atoms with E-state index in [1.165, 1.54) is 37.1 Å². The number of benzene rings is 1. The molecular weight excluding hydrogens is 401 g/mol. The Morgan fingerprint density at radius 3 is 2.30 bits per heavy atom. The molecule has 2 heterocycles. The predicted molar refractivity (Wildman–Crippen MR) is 99.1 cm³/mol. The third-order valence-corrected chi connectivity index (χ3v) is 5.88. The van der Waals surface area contributed by atoms with Gasteiger partial charge >= 0.3 is 12.1 Å². The number of rotatable bonds is 4. The van der Waals surface area contributed by atoms with Crippen molar-refractivity contribution in [3.63, 3.8) is 0 Å². The van der Waals surface area contributed by atoms with Crippen LogP contribution in [0, 0.1) is 5.41 Å². The lowest BCUT2D eigenvalue weighted by Gasteiger charge is -2.33. The lowest BCUT2D eigenvalue weighted by molar-refractivity contribution is -0.159. The molecule has 10 heteroatoms. The van der Waals surface area contributed by atoms with Crippen molar-refractivity contribution in [1.29, 1.82) is 0 Å². The molecule has 0 radical (unpaired) electrons. The Kier molecular flexibility index (Phi) is 5.03. The Balaban J connectivity index is 1.35. The zero-order valence-corrected chi connectivity index (χ0v) is 16.3. The zero-order chi connectivity index (χ0) is 21.5. The van der Waals surface area contributed by atoms with E-state index in [1.54, 1.807) is 11.8 Å². The minimum absolute atomic E-state index is 0.109. The smallest absolute Gasteiger partial charge is 0.341 e. The van der Waals surface area contributed by atoms with Crippen molar-refractivity contribution in [2.75, 3.05) is 13.1 Å². The summed E-state index contributed by atoms with van der Waals surface area (Å²) < 4.78 is 41.9. The third kappa shape index (κ3) is 4.17. The van der Waals surface area contributed by atoms with Crippen molar-refractivity contribution >= 4 is 11.8 Å².